The summed E-state index contributed by atoms with van der Waals surface area (Å²) in [5.41, 5.74) is 3.78. The zero-order valence-corrected chi connectivity index (χ0v) is 11.4. The Morgan fingerprint density at radius 1 is 1.16 bits per heavy atom. The third-order valence-electron chi connectivity index (χ3n) is 2.85. The van der Waals surface area contributed by atoms with E-state index >= 15 is 0 Å². The predicted molar refractivity (Wildman–Crippen MR) is 80.7 cm³/mol. The van der Waals surface area contributed by atoms with Gasteiger partial charge in [-0.25, -0.2) is 10.8 Å². The SMILES string of the molecule is CC(C)NC(=NCc1cccc2ccccc12)NN. The summed E-state index contributed by atoms with van der Waals surface area (Å²) in [6.07, 6.45) is 0. The van der Waals surface area contributed by atoms with E-state index in [1.807, 2.05) is 26.0 Å². The number of guanidine groups is 1. The van der Waals surface area contributed by atoms with Crippen LogP contribution < -0.4 is 16.6 Å². The molecule has 4 nitrogen and oxygen atoms in total. The minimum Gasteiger partial charge on any atom is -0.353 e. The number of hydrazine groups is 1. The van der Waals surface area contributed by atoms with E-state index in [0.29, 0.717) is 18.5 Å². The molecule has 2 aromatic carbocycles. The van der Waals surface area contributed by atoms with Crippen LogP contribution in [-0.4, -0.2) is 12.0 Å². The molecule has 0 heterocycles. The van der Waals surface area contributed by atoms with Gasteiger partial charge in [0.25, 0.3) is 0 Å². The van der Waals surface area contributed by atoms with Gasteiger partial charge in [0.05, 0.1) is 6.54 Å². The molecule has 0 bridgehead atoms. The molecule has 0 aliphatic rings. The molecule has 0 amide bonds. The Kier molecular flexibility index (Phi) is 4.36. The smallest absolute Gasteiger partial charge is 0.206 e. The summed E-state index contributed by atoms with van der Waals surface area (Å²) in [5, 5.41) is 5.62. The highest BCUT2D eigenvalue weighted by Gasteiger charge is 2.01. The second-order valence-electron chi connectivity index (χ2n) is 4.75. The van der Waals surface area contributed by atoms with Crippen molar-refractivity contribution in [2.75, 3.05) is 0 Å². The molecule has 0 fully saturated rings. The molecule has 0 atom stereocenters. The molecule has 0 unspecified atom stereocenters. The van der Waals surface area contributed by atoms with Crippen LogP contribution in [0.4, 0.5) is 0 Å². The number of fused-ring (bicyclic) bond motifs is 1. The number of nitrogens with two attached hydrogens (primary N) is 1. The number of rotatable bonds is 3. The van der Waals surface area contributed by atoms with E-state index in [1.165, 1.54) is 16.3 Å². The van der Waals surface area contributed by atoms with Gasteiger partial charge in [0.2, 0.25) is 5.96 Å². The highest BCUT2D eigenvalue weighted by molar-refractivity contribution is 5.86. The van der Waals surface area contributed by atoms with Crippen molar-refractivity contribution in [2.24, 2.45) is 10.8 Å². The van der Waals surface area contributed by atoms with Crippen LogP contribution in [0.25, 0.3) is 10.8 Å². The maximum atomic E-state index is 5.45. The summed E-state index contributed by atoms with van der Waals surface area (Å²) >= 11 is 0. The van der Waals surface area contributed by atoms with Gasteiger partial charge in [-0.3, -0.25) is 5.43 Å². The maximum absolute atomic E-state index is 5.45. The van der Waals surface area contributed by atoms with Crippen LogP contribution in [0, 0.1) is 0 Å². The average molecular weight is 256 g/mol. The summed E-state index contributed by atoms with van der Waals surface area (Å²) in [6.45, 7) is 4.69. The fourth-order valence-corrected chi connectivity index (χ4v) is 2.00. The number of hydrogen-bond donors (Lipinski definition) is 3. The lowest BCUT2D eigenvalue weighted by atomic mass is 10.1. The third-order valence-corrected chi connectivity index (χ3v) is 2.85. The standard InChI is InChI=1S/C15H20N4/c1-11(2)18-15(19-16)17-10-13-8-5-7-12-6-3-4-9-14(12)13/h3-9,11H,10,16H2,1-2H3,(H2,17,18,19). The lowest BCUT2D eigenvalue weighted by Gasteiger charge is -2.12. The van der Waals surface area contributed by atoms with E-state index in [2.05, 4.69) is 46.1 Å². The Labute approximate surface area is 113 Å². The van der Waals surface area contributed by atoms with Gasteiger partial charge < -0.3 is 5.32 Å². The molecule has 0 radical (unpaired) electrons. The summed E-state index contributed by atoms with van der Waals surface area (Å²) in [4.78, 5) is 4.47. The molecular weight excluding hydrogens is 236 g/mol. The molecule has 100 valence electrons. The van der Waals surface area contributed by atoms with Gasteiger partial charge >= 0.3 is 0 Å². The number of benzene rings is 2. The first kappa shape index (κ1) is 13.4. The van der Waals surface area contributed by atoms with E-state index in [0.717, 1.165) is 0 Å². The molecule has 0 aromatic heterocycles. The van der Waals surface area contributed by atoms with Crippen LogP contribution in [-0.2, 0) is 6.54 Å². The van der Waals surface area contributed by atoms with Crippen molar-refractivity contribution in [3.63, 3.8) is 0 Å². The Morgan fingerprint density at radius 3 is 2.63 bits per heavy atom. The number of nitrogens with zero attached hydrogens (tertiary/aromatic N) is 1. The first-order valence-electron chi connectivity index (χ1n) is 6.45. The zero-order valence-electron chi connectivity index (χ0n) is 11.4. The minimum atomic E-state index is 0.294. The van der Waals surface area contributed by atoms with Crippen LogP contribution in [0.1, 0.15) is 19.4 Å². The predicted octanol–water partition coefficient (Wildman–Crippen LogP) is 2.16. The largest absolute Gasteiger partial charge is 0.353 e. The first-order valence-corrected chi connectivity index (χ1v) is 6.45. The molecule has 0 aliphatic heterocycles. The molecule has 2 rings (SSSR count). The summed E-state index contributed by atoms with van der Waals surface area (Å²) in [7, 11) is 0. The molecule has 0 aliphatic carbocycles. The van der Waals surface area contributed by atoms with Crippen LogP contribution in [0.3, 0.4) is 0 Å². The maximum Gasteiger partial charge on any atom is 0.206 e. The van der Waals surface area contributed by atoms with Gasteiger partial charge in [0.15, 0.2) is 0 Å². The molecule has 0 spiro atoms. The quantitative estimate of drug-likeness (QED) is 0.341. The normalized spacial score (nSPS) is 11.9. The van der Waals surface area contributed by atoms with E-state index in [-0.39, 0.29) is 0 Å². The summed E-state index contributed by atoms with van der Waals surface area (Å²) in [5.74, 6) is 6.07. The van der Waals surface area contributed by atoms with Crippen molar-refractivity contribution in [3.05, 3.63) is 48.0 Å². The van der Waals surface area contributed by atoms with Crippen LogP contribution in [0.15, 0.2) is 47.5 Å². The lowest BCUT2D eigenvalue weighted by molar-refractivity contribution is 0.702. The summed E-state index contributed by atoms with van der Waals surface area (Å²) < 4.78 is 0. The van der Waals surface area contributed by atoms with Gasteiger partial charge in [-0.2, -0.15) is 0 Å². The van der Waals surface area contributed by atoms with E-state index < -0.39 is 0 Å². The number of hydrogen-bond acceptors (Lipinski definition) is 2. The second kappa shape index (κ2) is 6.20. The monoisotopic (exact) mass is 256 g/mol. The Bertz CT molecular complexity index is 570. The Hall–Kier alpha value is -2.07. The highest BCUT2D eigenvalue weighted by Crippen LogP contribution is 2.18. The topological polar surface area (TPSA) is 62.4 Å². The van der Waals surface area contributed by atoms with Gasteiger partial charge in [-0.1, -0.05) is 42.5 Å². The minimum absolute atomic E-state index is 0.294. The van der Waals surface area contributed by atoms with Crippen molar-refractivity contribution in [1.29, 1.82) is 0 Å². The number of aliphatic imine (C=N–C) groups is 1. The fourth-order valence-electron chi connectivity index (χ4n) is 2.00. The molecule has 0 saturated carbocycles. The van der Waals surface area contributed by atoms with Crippen LogP contribution in [0.2, 0.25) is 0 Å². The second-order valence-corrected chi connectivity index (χ2v) is 4.75. The van der Waals surface area contributed by atoms with Crippen molar-refractivity contribution in [2.45, 2.75) is 26.4 Å². The number of nitrogens with one attached hydrogen (secondary N) is 2. The van der Waals surface area contributed by atoms with Gasteiger partial charge in [-0.15, -0.1) is 0 Å². The molecule has 4 N–H and O–H groups in total. The third kappa shape index (κ3) is 3.45. The molecule has 0 saturated heterocycles. The summed E-state index contributed by atoms with van der Waals surface area (Å²) in [6, 6.07) is 14.9. The van der Waals surface area contributed by atoms with Crippen molar-refractivity contribution in [1.82, 2.24) is 10.7 Å². The Morgan fingerprint density at radius 2 is 1.89 bits per heavy atom. The molecule has 2 aromatic rings. The highest BCUT2D eigenvalue weighted by atomic mass is 15.3. The fraction of sp³-hybridized carbons (Fsp3) is 0.267. The van der Waals surface area contributed by atoms with Crippen LogP contribution >= 0.6 is 0 Å². The zero-order chi connectivity index (χ0) is 13.7. The van der Waals surface area contributed by atoms with E-state index in [4.69, 9.17) is 5.84 Å². The average Bonchev–Trinajstić information content (AvgIpc) is 2.43. The van der Waals surface area contributed by atoms with Gasteiger partial charge in [-0.05, 0) is 30.2 Å². The molecule has 19 heavy (non-hydrogen) atoms. The first-order chi connectivity index (χ1) is 9.20. The molecule has 4 heteroatoms. The van der Waals surface area contributed by atoms with Crippen molar-refractivity contribution < 1.29 is 0 Å². The van der Waals surface area contributed by atoms with E-state index in [1.54, 1.807) is 0 Å². The molecular formula is C15H20N4. The van der Waals surface area contributed by atoms with Gasteiger partial charge in [0, 0.05) is 6.04 Å². The Balaban J connectivity index is 2.23. The van der Waals surface area contributed by atoms with Crippen LogP contribution in [0.5, 0.6) is 0 Å². The van der Waals surface area contributed by atoms with Crippen molar-refractivity contribution in [3.8, 4) is 0 Å². The van der Waals surface area contributed by atoms with E-state index in [9.17, 15) is 0 Å². The lowest BCUT2D eigenvalue weighted by Crippen LogP contribution is -2.44. The van der Waals surface area contributed by atoms with Gasteiger partial charge in [0.1, 0.15) is 0 Å². The van der Waals surface area contributed by atoms with Crippen molar-refractivity contribution >= 4 is 16.7 Å².